The fourth-order valence-corrected chi connectivity index (χ4v) is 3.31. The van der Waals surface area contributed by atoms with Gasteiger partial charge in [-0.2, -0.15) is 0 Å². The molecule has 2 rings (SSSR count). The van der Waals surface area contributed by atoms with E-state index in [2.05, 4.69) is 11.0 Å². The van der Waals surface area contributed by atoms with Crippen molar-refractivity contribution in [2.75, 3.05) is 19.3 Å². The first-order valence-electron chi connectivity index (χ1n) is 6.90. The number of halogens is 1. The molecule has 1 fully saturated rings. The normalized spacial score (nSPS) is 21.3. The van der Waals surface area contributed by atoms with Crippen LogP contribution in [0.2, 0.25) is 5.02 Å². The molecular formula is C15H22ClNO2S. The lowest BCUT2D eigenvalue weighted by atomic mass is 10.0. The van der Waals surface area contributed by atoms with Crippen molar-refractivity contribution >= 4 is 21.4 Å². The third-order valence-corrected chi connectivity index (χ3v) is 6.56. The van der Waals surface area contributed by atoms with Crippen molar-refractivity contribution in [3.8, 4) is 0 Å². The van der Waals surface area contributed by atoms with Crippen LogP contribution in [0.25, 0.3) is 0 Å². The van der Waals surface area contributed by atoms with Crippen molar-refractivity contribution in [1.82, 2.24) is 4.90 Å². The highest BCUT2D eigenvalue weighted by atomic mass is 35.5. The zero-order chi connectivity index (χ0) is 15.0. The first-order chi connectivity index (χ1) is 9.21. The third kappa shape index (κ3) is 3.35. The van der Waals surface area contributed by atoms with Gasteiger partial charge in [0.1, 0.15) is 0 Å². The SMILES string of the molecule is CC(C)(CN1CCC[C@@H]1c1cccc(Cl)c1)S(C)(=O)=O. The molecule has 3 nitrogen and oxygen atoms in total. The highest BCUT2D eigenvalue weighted by Gasteiger charge is 2.36. The summed E-state index contributed by atoms with van der Waals surface area (Å²) in [6.45, 7) is 5.10. The summed E-state index contributed by atoms with van der Waals surface area (Å²) >= 11 is 6.06. The molecule has 0 N–H and O–H groups in total. The van der Waals surface area contributed by atoms with Crippen molar-refractivity contribution < 1.29 is 8.42 Å². The molecule has 0 aliphatic carbocycles. The van der Waals surface area contributed by atoms with Crippen LogP contribution in [0, 0.1) is 0 Å². The maximum absolute atomic E-state index is 11.9. The first-order valence-corrected chi connectivity index (χ1v) is 9.17. The Hall–Kier alpha value is -0.580. The van der Waals surface area contributed by atoms with Crippen LogP contribution in [0.4, 0.5) is 0 Å². The predicted octanol–water partition coefficient (Wildman–Crippen LogP) is 3.30. The van der Waals surface area contributed by atoms with Gasteiger partial charge in [0.2, 0.25) is 0 Å². The minimum Gasteiger partial charge on any atom is -0.295 e. The Kier molecular flexibility index (Phi) is 4.47. The molecule has 112 valence electrons. The molecule has 0 spiro atoms. The monoisotopic (exact) mass is 315 g/mol. The Labute approximate surface area is 126 Å². The van der Waals surface area contributed by atoms with Crippen LogP contribution in [0.1, 0.15) is 38.3 Å². The second kappa shape index (κ2) is 5.66. The van der Waals surface area contributed by atoms with Gasteiger partial charge in [-0.25, -0.2) is 8.42 Å². The summed E-state index contributed by atoms with van der Waals surface area (Å²) in [5, 5.41) is 0.733. The van der Waals surface area contributed by atoms with Crippen LogP contribution in [0.15, 0.2) is 24.3 Å². The van der Waals surface area contributed by atoms with E-state index in [9.17, 15) is 8.42 Å². The van der Waals surface area contributed by atoms with Gasteiger partial charge in [0.25, 0.3) is 0 Å². The number of benzene rings is 1. The van der Waals surface area contributed by atoms with Crippen molar-refractivity contribution in [3.05, 3.63) is 34.9 Å². The topological polar surface area (TPSA) is 37.4 Å². The number of likely N-dealkylation sites (tertiary alicyclic amines) is 1. The Morgan fingerprint density at radius 1 is 1.40 bits per heavy atom. The van der Waals surface area contributed by atoms with Crippen LogP contribution in [-0.2, 0) is 9.84 Å². The molecule has 1 aliphatic heterocycles. The fourth-order valence-electron chi connectivity index (χ4n) is 2.71. The lowest BCUT2D eigenvalue weighted by Crippen LogP contribution is -2.43. The number of hydrogen-bond donors (Lipinski definition) is 0. The molecule has 0 amide bonds. The number of rotatable bonds is 4. The van der Waals surface area contributed by atoms with Crippen LogP contribution in [0.5, 0.6) is 0 Å². The zero-order valence-corrected chi connectivity index (χ0v) is 13.8. The van der Waals surface area contributed by atoms with E-state index in [-0.39, 0.29) is 6.04 Å². The van der Waals surface area contributed by atoms with E-state index in [1.807, 2.05) is 18.2 Å². The van der Waals surface area contributed by atoms with E-state index in [1.54, 1.807) is 13.8 Å². The van der Waals surface area contributed by atoms with E-state index in [0.29, 0.717) is 6.54 Å². The summed E-state index contributed by atoms with van der Waals surface area (Å²) in [5.41, 5.74) is 1.18. The largest absolute Gasteiger partial charge is 0.295 e. The molecule has 1 atom stereocenters. The molecule has 0 radical (unpaired) electrons. The van der Waals surface area contributed by atoms with Gasteiger partial charge in [-0.05, 0) is 50.9 Å². The van der Waals surface area contributed by atoms with Crippen molar-refractivity contribution in [1.29, 1.82) is 0 Å². The Bertz CT molecular complexity index is 583. The molecule has 1 aliphatic rings. The average molecular weight is 316 g/mol. The van der Waals surface area contributed by atoms with Gasteiger partial charge in [0, 0.05) is 23.9 Å². The van der Waals surface area contributed by atoms with E-state index in [0.717, 1.165) is 24.4 Å². The van der Waals surface area contributed by atoms with Crippen molar-refractivity contribution in [2.24, 2.45) is 0 Å². The van der Waals surface area contributed by atoms with Crippen molar-refractivity contribution in [2.45, 2.75) is 37.5 Å². The van der Waals surface area contributed by atoms with Crippen LogP contribution in [0.3, 0.4) is 0 Å². The third-order valence-electron chi connectivity index (χ3n) is 4.18. The van der Waals surface area contributed by atoms with E-state index < -0.39 is 14.6 Å². The van der Waals surface area contributed by atoms with Crippen molar-refractivity contribution in [3.63, 3.8) is 0 Å². The maximum Gasteiger partial charge on any atom is 0.153 e. The molecule has 1 aromatic rings. The Balaban J connectivity index is 2.20. The molecular weight excluding hydrogens is 294 g/mol. The van der Waals surface area contributed by atoms with E-state index in [4.69, 9.17) is 11.6 Å². The average Bonchev–Trinajstić information content (AvgIpc) is 2.74. The molecule has 1 saturated heterocycles. The molecule has 0 unspecified atom stereocenters. The Morgan fingerprint density at radius 2 is 2.10 bits per heavy atom. The summed E-state index contributed by atoms with van der Waals surface area (Å²) < 4.78 is 23.1. The summed E-state index contributed by atoms with van der Waals surface area (Å²) in [6.07, 6.45) is 3.47. The Morgan fingerprint density at radius 3 is 2.70 bits per heavy atom. The minimum absolute atomic E-state index is 0.273. The second-order valence-electron chi connectivity index (χ2n) is 6.22. The number of nitrogens with zero attached hydrogens (tertiary/aromatic N) is 1. The number of hydrogen-bond acceptors (Lipinski definition) is 3. The van der Waals surface area contributed by atoms with Gasteiger partial charge in [-0.3, -0.25) is 4.90 Å². The summed E-state index contributed by atoms with van der Waals surface area (Å²) in [7, 11) is -3.07. The van der Waals surface area contributed by atoms with Gasteiger partial charge in [-0.15, -0.1) is 0 Å². The highest BCUT2D eigenvalue weighted by Crippen LogP contribution is 2.35. The van der Waals surface area contributed by atoms with Crippen LogP contribution < -0.4 is 0 Å². The fraction of sp³-hybridized carbons (Fsp3) is 0.600. The smallest absolute Gasteiger partial charge is 0.153 e. The molecule has 20 heavy (non-hydrogen) atoms. The first kappa shape index (κ1) is 15.8. The lowest BCUT2D eigenvalue weighted by Gasteiger charge is -2.32. The summed E-state index contributed by atoms with van der Waals surface area (Å²) in [5.74, 6) is 0. The van der Waals surface area contributed by atoms with E-state index in [1.165, 1.54) is 11.8 Å². The molecule has 0 bridgehead atoms. The predicted molar refractivity (Wildman–Crippen MR) is 83.9 cm³/mol. The van der Waals surface area contributed by atoms with Gasteiger partial charge in [-0.1, -0.05) is 23.7 Å². The molecule has 0 aromatic heterocycles. The van der Waals surface area contributed by atoms with Gasteiger partial charge < -0.3 is 0 Å². The van der Waals surface area contributed by atoms with Crippen LogP contribution >= 0.6 is 11.6 Å². The summed E-state index contributed by atoms with van der Waals surface area (Å²) in [4.78, 5) is 2.27. The van der Waals surface area contributed by atoms with Gasteiger partial charge in [0.15, 0.2) is 9.84 Å². The number of sulfone groups is 1. The lowest BCUT2D eigenvalue weighted by molar-refractivity contribution is 0.236. The molecule has 5 heteroatoms. The van der Waals surface area contributed by atoms with Crippen LogP contribution in [-0.4, -0.2) is 37.4 Å². The zero-order valence-electron chi connectivity index (χ0n) is 12.3. The summed E-state index contributed by atoms with van der Waals surface area (Å²) in [6, 6.07) is 8.15. The van der Waals surface area contributed by atoms with Gasteiger partial charge >= 0.3 is 0 Å². The second-order valence-corrected chi connectivity index (χ2v) is 9.30. The molecule has 1 heterocycles. The highest BCUT2D eigenvalue weighted by molar-refractivity contribution is 7.92. The molecule has 0 saturated carbocycles. The molecule has 1 aromatic carbocycles. The quantitative estimate of drug-likeness (QED) is 0.855. The van der Waals surface area contributed by atoms with E-state index >= 15 is 0 Å². The minimum atomic E-state index is -3.07. The van der Waals surface area contributed by atoms with Gasteiger partial charge in [0.05, 0.1) is 4.75 Å². The standard InChI is InChI=1S/C15H22ClNO2S/c1-15(2,20(3,18)19)11-17-9-5-8-14(17)12-6-4-7-13(16)10-12/h4,6-7,10,14H,5,8-9,11H2,1-3H3/t14-/m1/s1. The maximum atomic E-state index is 11.9.